The van der Waals surface area contributed by atoms with Crippen LogP contribution in [-0.4, -0.2) is 59.0 Å². The molecule has 0 aromatic heterocycles. The Balaban J connectivity index is 0.000000607. The Kier molecular flexibility index (Phi) is 13.1. The summed E-state index contributed by atoms with van der Waals surface area (Å²) in [6.45, 7) is 6.62. The number of hydrogen-bond donors (Lipinski definition) is 0. The first kappa shape index (κ1) is 31.4. The summed E-state index contributed by atoms with van der Waals surface area (Å²) in [4.78, 5) is 0. The van der Waals surface area contributed by atoms with Gasteiger partial charge in [0.1, 0.15) is 0 Å². The van der Waals surface area contributed by atoms with Crippen LogP contribution in [-0.2, 0) is 20.0 Å². The third kappa shape index (κ3) is 12.0. The maximum Gasteiger partial charge on any atom is 0.480 e. The van der Waals surface area contributed by atoms with Gasteiger partial charge in [0.15, 0.2) is 20.0 Å². The van der Waals surface area contributed by atoms with Crippen LogP contribution in [0.4, 0.5) is 26.3 Å². The first-order valence-corrected chi connectivity index (χ1v) is 13.6. The van der Waals surface area contributed by atoms with E-state index in [4.69, 9.17) is 0 Å². The standard InChI is InChI=1S/C16H34N.C2F6NO4S2/c1-3-4-5-6-7-8-9-11-14-17(2)15-12-10-13-16-17;3-1(4,5)14(10,11)9-15(12,13)2(6,7)8/h3-16H2,1-2H3;/q+1;-1. The van der Waals surface area contributed by atoms with Crippen LogP contribution in [0.25, 0.3) is 4.13 Å². The summed E-state index contributed by atoms with van der Waals surface area (Å²) in [5, 5.41) is 0. The number of alkyl halides is 6. The van der Waals surface area contributed by atoms with Crippen molar-refractivity contribution in [2.75, 3.05) is 26.7 Å². The van der Waals surface area contributed by atoms with Crippen molar-refractivity contribution in [3.63, 3.8) is 0 Å². The average molecular weight is 521 g/mol. The first-order valence-electron chi connectivity index (χ1n) is 10.7. The molecule has 1 aliphatic rings. The Bertz CT molecular complexity index is 690. The van der Waals surface area contributed by atoms with Gasteiger partial charge >= 0.3 is 11.0 Å². The Morgan fingerprint density at radius 3 is 1.44 bits per heavy atom. The number of hydrogen-bond acceptors (Lipinski definition) is 4. The number of nitrogens with zero attached hydrogens (tertiary/aromatic N) is 2. The van der Waals surface area contributed by atoms with Crippen molar-refractivity contribution in [2.24, 2.45) is 0 Å². The third-order valence-electron chi connectivity index (χ3n) is 5.23. The molecule has 1 rings (SSSR count). The lowest BCUT2D eigenvalue weighted by atomic mass is 10.1. The van der Waals surface area contributed by atoms with Crippen LogP contribution < -0.4 is 0 Å². The van der Waals surface area contributed by atoms with Gasteiger partial charge in [-0.05, 0) is 32.1 Å². The number of unbranched alkanes of at least 4 members (excludes halogenated alkanes) is 7. The second-order valence-electron chi connectivity index (χ2n) is 8.24. The van der Waals surface area contributed by atoms with Crippen molar-refractivity contribution in [1.29, 1.82) is 0 Å². The zero-order valence-electron chi connectivity index (χ0n) is 18.5. The molecule has 0 aromatic carbocycles. The molecule has 14 heteroatoms. The quantitative estimate of drug-likeness (QED) is 0.195. The molecule has 0 aliphatic carbocycles. The lowest BCUT2D eigenvalue weighted by molar-refractivity contribution is -0.914. The highest BCUT2D eigenvalue weighted by molar-refractivity contribution is 8.13. The van der Waals surface area contributed by atoms with E-state index < -0.39 is 31.1 Å². The van der Waals surface area contributed by atoms with Gasteiger partial charge < -0.3 is 8.61 Å². The summed E-state index contributed by atoms with van der Waals surface area (Å²) in [5.41, 5.74) is -12.4. The molecule has 1 aliphatic heterocycles. The molecule has 0 spiro atoms. The maximum atomic E-state index is 11.4. The summed E-state index contributed by atoms with van der Waals surface area (Å²) in [7, 11) is -11.0. The van der Waals surface area contributed by atoms with E-state index in [1.54, 1.807) is 0 Å². The van der Waals surface area contributed by atoms with Crippen molar-refractivity contribution in [3.8, 4) is 0 Å². The van der Waals surface area contributed by atoms with Gasteiger partial charge in [-0.3, -0.25) is 0 Å². The Labute approximate surface area is 187 Å². The maximum absolute atomic E-state index is 11.4. The fourth-order valence-electron chi connectivity index (χ4n) is 3.34. The summed E-state index contributed by atoms with van der Waals surface area (Å²) in [5.74, 6) is 0. The molecule has 1 heterocycles. The molecule has 1 fully saturated rings. The van der Waals surface area contributed by atoms with E-state index >= 15 is 0 Å². The Hall–Kier alpha value is -0.600. The highest BCUT2D eigenvalue weighted by atomic mass is 32.3. The molecule has 6 nitrogen and oxygen atoms in total. The number of halogens is 6. The van der Waals surface area contributed by atoms with E-state index in [0.29, 0.717) is 0 Å². The monoisotopic (exact) mass is 520 g/mol. The van der Waals surface area contributed by atoms with Crippen LogP contribution in [0.1, 0.15) is 77.6 Å². The van der Waals surface area contributed by atoms with E-state index in [2.05, 4.69) is 14.0 Å². The van der Waals surface area contributed by atoms with Crippen molar-refractivity contribution < 1.29 is 47.7 Å². The van der Waals surface area contributed by atoms with Gasteiger partial charge in [-0.1, -0.05) is 45.4 Å². The minimum Gasteiger partial charge on any atom is -0.421 e. The fraction of sp³-hybridized carbons (Fsp3) is 1.00. The summed E-state index contributed by atoms with van der Waals surface area (Å²) < 4.78 is 111. The van der Waals surface area contributed by atoms with Gasteiger partial charge in [0.2, 0.25) is 0 Å². The molecule has 0 unspecified atom stereocenters. The smallest absolute Gasteiger partial charge is 0.421 e. The minimum atomic E-state index is -6.72. The molecule has 0 amide bonds. The lowest BCUT2D eigenvalue weighted by Gasteiger charge is -2.37. The average Bonchev–Trinajstić information content (AvgIpc) is 2.62. The number of likely N-dealkylation sites (tertiary alicyclic amines) is 1. The van der Waals surface area contributed by atoms with Gasteiger partial charge in [-0.15, -0.1) is 0 Å². The van der Waals surface area contributed by atoms with E-state index in [0.717, 1.165) is 4.13 Å². The van der Waals surface area contributed by atoms with E-state index in [-0.39, 0.29) is 0 Å². The zero-order valence-corrected chi connectivity index (χ0v) is 20.1. The van der Waals surface area contributed by atoms with E-state index in [9.17, 15) is 43.2 Å². The lowest BCUT2D eigenvalue weighted by Crippen LogP contribution is -2.48. The SMILES string of the molecule is CCCCCCCCCC[N+]1(C)CCCCC1.O=S(=O)([N-]S(=O)(=O)C(F)(F)F)C(F)(F)F. The Morgan fingerprint density at radius 1 is 0.688 bits per heavy atom. The number of quaternary nitrogens is 1. The van der Waals surface area contributed by atoms with Gasteiger partial charge in [0.25, 0.3) is 0 Å². The number of rotatable bonds is 11. The van der Waals surface area contributed by atoms with Crippen molar-refractivity contribution in [2.45, 2.75) is 88.6 Å². The van der Waals surface area contributed by atoms with Crippen molar-refractivity contribution in [1.82, 2.24) is 0 Å². The molecule has 0 saturated carbocycles. The third-order valence-corrected chi connectivity index (χ3v) is 7.97. The summed E-state index contributed by atoms with van der Waals surface area (Å²) in [6.07, 6.45) is 16.0. The van der Waals surface area contributed by atoms with Crippen molar-refractivity contribution in [3.05, 3.63) is 4.13 Å². The molecular formula is C18H34F6N2O4S2. The molecule has 0 aromatic rings. The zero-order chi connectivity index (χ0) is 25.1. The topological polar surface area (TPSA) is 82.4 Å². The van der Waals surface area contributed by atoms with E-state index in [1.807, 2.05) is 0 Å². The van der Waals surface area contributed by atoms with Gasteiger partial charge in [-0.2, -0.15) is 26.3 Å². The van der Waals surface area contributed by atoms with E-state index in [1.165, 1.54) is 94.7 Å². The van der Waals surface area contributed by atoms with Gasteiger partial charge in [0, 0.05) is 0 Å². The summed E-state index contributed by atoms with van der Waals surface area (Å²) >= 11 is 0. The van der Waals surface area contributed by atoms with Crippen LogP contribution in [0.15, 0.2) is 0 Å². The molecule has 1 saturated heterocycles. The number of sulfonamides is 2. The van der Waals surface area contributed by atoms with Crippen molar-refractivity contribution >= 4 is 20.0 Å². The molecule has 0 N–H and O–H groups in total. The second kappa shape index (κ2) is 13.3. The normalized spacial score (nSPS) is 17.5. The fourth-order valence-corrected chi connectivity index (χ4v) is 5.05. The number of piperidine rings is 1. The molecule has 0 bridgehead atoms. The molecule has 194 valence electrons. The summed E-state index contributed by atoms with van der Waals surface area (Å²) in [6, 6.07) is 0. The van der Waals surface area contributed by atoms with Crippen LogP contribution in [0.2, 0.25) is 0 Å². The molecular weight excluding hydrogens is 486 g/mol. The van der Waals surface area contributed by atoms with Crippen LogP contribution in [0.3, 0.4) is 0 Å². The van der Waals surface area contributed by atoms with Crippen LogP contribution in [0, 0.1) is 0 Å². The highest BCUT2D eigenvalue weighted by Crippen LogP contribution is 2.36. The first-order chi connectivity index (χ1) is 14.5. The molecule has 0 radical (unpaired) electrons. The highest BCUT2D eigenvalue weighted by Gasteiger charge is 2.46. The Morgan fingerprint density at radius 2 is 1.06 bits per heavy atom. The second-order valence-corrected chi connectivity index (χ2v) is 11.7. The minimum absolute atomic E-state index is 0.778. The van der Waals surface area contributed by atoms with Crippen LogP contribution in [0.5, 0.6) is 0 Å². The van der Waals surface area contributed by atoms with Gasteiger partial charge in [-0.25, -0.2) is 16.8 Å². The predicted octanol–water partition coefficient (Wildman–Crippen LogP) is 5.82. The molecule has 0 atom stereocenters. The molecule has 32 heavy (non-hydrogen) atoms. The largest absolute Gasteiger partial charge is 0.480 e. The van der Waals surface area contributed by atoms with Crippen LogP contribution >= 0.6 is 0 Å². The van der Waals surface area contributed by atoms with Gasteiger partial charge in [0.05, 0.1) is 26.7 Å². The predicted molar refractivity (Wildman–Crippen MR) is 111 cm³/mol.